The number of carbonyl (C=O) groups is 2. The minimum Gasteiger partial charge on any atom is -0.454 e. The number of nitro groups is 1. The SMILES string of the molecule is CCOCC(=O)OCC(=O)Nc1cc([N+](=O)[O-])ccc1F. The van der Waals surface area contributed by atoms with E-state index in [4.69, 9.17) is 4.74 Å². The molecule has 1 rings (SSSR count). The molecule has 8 nitrogen and oxygen atoms in total. The van der Waals surface area contributed by atoms with Crippen molar-refractivity contribution in [3.8, 4) is 0 Å². The van der Waals surface area contributed by atoms with Crippen molar-refractivity contribution in [2.45, 2.75) is 6.92 Å². The molecule has 0 aliphatic carbocycles. The molecule has 0 bridgehead atoms. The Kier molecular flexibility index (Phi) is 6.21. The summed E-state index contributed by atoms with van der Waals surface area (Å²) in [6, 6.07) is 2.69. The molecule has 0 aliphatic heterocycles. The summed E-state index contributed by atoms with van der Waals surface area (Å²) in [5.74, 6) is -2.40. The highest BCUT2D eigenvalue weighted by Gasteiger charge is 2.14. The van der Waals surface area contributed by atoms with Gasteiger partial charge in [-0.15, -0.1) is 0 Å². The summed E-state index contributed by atoms with van der Waals surface area (Å²) in [6.07, 6.45) is 0. The van der Waals surface area contributed by atoms with Crippen LogP contribution < -0.4 is 5.32 Å². The van der Waals surface area contributed by atoms with Gasteiger partial charge in [0.05, 0.1) is 10.6 Å². The fraction of sp³-hybridized carbons (Fsp3) is 0.333. The van der Waals surface area contributed by atoms with Crippen LogP contribution in [0.3, 0.4) is 0 Å². The fourth-order valence-corrected chi connectivity index (χ4v) is 1.28. The van der Waals surface area contributed by atoms with Crippen molar-refractivity contribution in [3.63, 3.8) is 0 Å². The molecule has 0 aromatic heterocycles. The first-order valence-corrected chi connectivity index (χ1v) is 5.91. The van der Waals surface area contributed by atoms with Gasteiger partial charge in [0.15, 0.2) is 6.61 Å². The summed E-state index contributed by atoms with van der Waals surface area (Å²) in [7, 11) is 0. The second-order valence-corrected chi connectivity index (χ2v) is 3.77. The molecule has 1 N–H and O–H groups in total. The van der Waals surface area contributed by atoms with E-state index in [9.17, 15) is 24.1 Å². The van der Waals surface area contributed by atoms with E-state index in [2.05, 4.69) is 10.1 Å². The van der Waals surface area contributed by atoms with Gasteiger partial charge in [0.25, 0.3) is 11.6 Å². The number of ether oxygens (including phenoxy) is 2. The summed E-state index contributed by atoms with van der Waals surface area (Å²) in [6.45, 7) is 1.06. The summed E-state index contributed by atoms with van der Waals surface area (Å²) < 4.78 is 22.7. The zero-order valence-electron chi connectivity index (χ0n) is 11.1. The van der Waals surface area contributed by atoms with Crippen LogP contribution in [0.5, 0.6) is 0 Å². The molecule has 0 spiro atoms. The van der Waals surface area contributed by atoms with Gasteiger partial charge in [0, 0.05) is 18.7 Å². The predicted molar refractivity (Wildman–Crippen MR) is 69.1 cm³/mol. The standard InChI is InChI=1S/C12H13FN2O6/c1-2-20-7-12(17)21-6-11(16)14-10-5-8(15(18)19)3-4-9(10)13/h3-5H,2,6-7H2,1H3,(H,14,16). The number of anilines is 1. The van der Waals surface area contributed by atoms with Crippen molar-refractivity contribution in [3.05, 3.63) is 34.1 Å². The monoisotopic (exact) mass is 300 g/mol. The number of hydrogen-bond acceptors (Lipinski definition) is 6. The number of nitrogens with zero attached hydrogens (tertiary/aromatic N) is 1. The average Bonchev–Trinajstić information content (AvgIpc) is 2.45. The quantitative estimate of drug-likeness (QED) is 0.461. The van der Waals surface area contributed by atoms with Crippen LogP contribution in [0.4, 0.5) is 15.8 Å². The maximum absolute atomic E-state index is 13.4. The van der Waals surface area contributed by atoms with Gasteiger partial charge >= 0.3 is 5.97 Å². The van der Waals surface area contributed by atoms with E-state index in [0.29, 0.717) is 6.61 Å². The first-order chi connectivity index (χ1) is 9.93. The van der Waals surface area contributed by atoms with Gasteiger partial charge in [0.2, 0.25) is 0 Å². The number of rotatable bonds is 7. The van der Waals surface area contributed by atoms with Crippen LogP contribution in [0.1, 0.15) is 6.92 Å². The van der Waals surface area contributed by atoms with E-state index < -0.39 is 29.2 Å². The van der Waals surface area contributed by atoms with Crippen LogP contribution in [0.2, 0.25) is 0 Å². The van der Waals surface area contributed by atoms with E-state index in [0.717, 1.165) is 18.2 Å². The Morgan fingerprint density at radius 3 is 2.71 bits per heavy atom. The Bertz CT molecular complexity index is 549. The highest BCUT2D eigenvalue weighted by atomic mass is 19.1. The van der Waals surface area contributed by atoms with Crippen molar-refractivity contribution >= 4 is 23.3 Å². The van der Waals surface area contributed by atoms with E-state index in [1.807, 2.05) is 0 Å². The summed E-state index contributed by atoms with van der Waals surface area (Å²) in [5, 5.41) is 12.6. The third-order valence-electron chi connectivity index (χ3n) is 2.22. The lowest BCUT2D eigenvalue weighted by Crippen LogP contribution is -2.23. The normalized spacial score (nSPS) is 10.0. The highest BCUT2D eigenvalue weighted by Crippen LogP contribution is 2.21. The minimum atomic E-state index is -0.838. The number of halogens is 1. The third-order valence-corrected chi connectivity index (χ3v) is 2.22. The number of benzene rings is 1. The Labute approximate surface area is 119 Å². The first-order valence-electron chi connectivity index (χ1n) is 5.91. The molecule has 0 saturated carbocycles. The lowest BCUT2D eigenvalue weighted by molar-refractivity contribution is -0.384. The molecule has 1 aromatic carbocycles. The van der Waals surface area contributed by atoms with Gasteiger partial charge in [-0.3, -0.25) is 14.9 Å². The molecule has 21 heavy (non-hydrogen) atoms. The van der Waals surface area contributed by atoms with Crippen LogP contribution in [0.25, 0.3) is 0 Å². The number of esters is 1. The third kappa shape index (κ3) is 5.53. The Balaban J connectivity index is 2.56. The summed E-state index contributed by atoms with van der Waals surface area (Å²) in [4.78, 5) is 32.4. The molecule has 1 amide bonds. The van der Waals surface area contributed by atoms with Gasteiger partial charge in [0.1, 0.15) is 12.4 Å². The lowest BCUT2D eigenvalue weighted by atomic mass is 10.2. The number of nitrogens with one attached hydrogen (secondary N) is 1. The highest BCUT2D eigenvalue weighted by molar-refractivity contribution is 5.93. The van der Waals surface area contributed by atoms with Gasteiger partial charge in [-0.1, -0.05) is 0 Å². The van der Waals surface area contributed by atoms with E-state index >= 15 is 0 Å². The van der Waals surface area contributed by atoms with Gasteiger partial charge in [-0.05, 0) is 13.0 Å². The molecule has 0 radical (unpaired) electrons. The smallest absolute Gasteiger partial charge is 0.332 e. The topological polar surface area (TPSA) is 108 Å². The molecule has 0 saturated heterocycles. The fourth-order valence-electron chi connectivity index (χ4n) is 1.28. The van der Waals surface area contributed by atoms with Gasteiger partial charge in [-0.2, -0.15) is 0 Å². The molecule has 0 fully saturated rings. The van der Waals surface area contributed by atoms with E-state index in [1.54, 1.807) is 6.92 Å². The number of carbonyl (C=O) groups excluding carboxylic acids is 2. The molecule has 0 unspecified atom stereocenters. The zero-order valence-corrected chi connectivity index (χ0v) is 11.1. The van der Waals surface area contributed by atoms with Crippen LogP contribution >= 0.6 is 0 Å². The molecule has 0 atom stereocenters. The van der Waals surface area contributed by atoms with Crippen LogP contribution in [0.15, 0.2) is 18.2 Å². The zero-order chi connectivity index (χ0) is 15.8. The first kappa shape index (κ1) is 16.5. The molecule has 0 heterocycles. The Morgan fingerprint density at radius 1 is 1.38 bits per heavy atom. The maximum atomic E-state index is 13.4. The summed E-state index contributed by atoms with van der Waals surface area (Å²) >= 11 is 0. The Hall–Kier alpha value is -2.55. The van der Waals surface area contributed by atoms with E-state index in [1.165, 1.54) is 0 Å². The largest absolute Gasteiger partial charge is 0.454 e. The van der Waals surface area contributed by atoms with Crippen molar-refractivity contribution in [1.82, 2.24) is 0 Å². The molecular formula is C12H13FN2O6. The molecule has 114 valence electrons. The maximum Gasteiger partial charge on any atom is 0.332 e. The van der Waals surface area contributed by atoms with Crippen molar-refractivity contribution in [2.75, 3.05) is 25.1 Å². The molecule has 0 aliphatic rings. The molecular weight excluding hydrogens is 287 g/mol. The predicted octanol–water partition coefficient (Wildman–Crippen LogP) is 1.25. The minimum absolute atomic E-state index is 0.297. The summed E-state index contributed by atoms with van der Waals surface area (Å²) in [5.41, 5.74) is -0.741. The van der Waals surface area contributed by atoms with Crippen LogP contribution in [-0.4, -0.2) is 36.6 Å². The van der Waals surface area contributed by atoms with E-state index in [-0.39, 0.29) is 18.0 Å². The number of hydrogen-bond donors (Lipinski definition) is 1. The van der Waals surface area contributed by atoms with Crippen molar-refractivity contribution in [2.24, 2.45) is 0 Å². The lowest BCUT2D eigenvalue weighted by Gasteiger charge is -2.07. The number of non-ortho nitro benzene ring substituents is 1. The van der Waals surface area contributed by atoms with Crippen LogP contribution in [-0.2, 0) is 19.1 Å². The Morgan fingerprint density at radius 2 is 2.10 bits per heavy atom. The average molecular weight is 300 g/mol. The number of amides is 1. The molecule has 1 aromatic rings. The molecule has 9 heteroatoms. The van der Waals surface area contributed by atoms with Crippen molar-refractivity contribution in [1.29, 1.82) is 0 Å². The number of nitro benzene ring substituents is 1. The second-order valence-electron chi connectivity index (χ2n) is 3.77. The van der Waals surface area contributed by atoms with Crippen LogP contribution in [0, 0.1) is 15.9 Å². The van der Waals surface area contributed by atoms with Gasteiger partial charge in [-0.25, -0.2) is 9.18 Å². The van der Waals surface area contributed by atoms with Gasteiger partial charge < -0.3 is 14.8 Å². The van der Waals surface area contributed by atoms with Crippen molar-refractivity contribution < 1.29 is 28.4 Å². The second kappa shape index (κ2) is 7.90.